The number of pyridine rings is 1. The van der Waals surface area contributed by atoms with Crippen molar-refractivity contribution in [2.45, 2.75) is 6.92 Å². The van der Waals surface area contributed by atoms with Gasteiger partial charge in [0.25, 0.3) is 0 Å². The van der Waals surface area contributed by atoms with Crippen LogP contribution in [0.1, 0.15) is 16.6 Å². The van der Waals surface area contributed by atoms with Gasteiger partial charge >= 0.3 is 5.97 Å². The second kappa shape index (κ2) is 19.6. The molecular formula is C35H28N2O2S2. The Kier molecular flexibility index (Phi) is 16.0. The summed E-state index contributed by atoms with van der Waals surface area (Å²) in [6.45, 7) is 21.0. The number of hydrogen-bond donors (Lipinski definition) is 1. The zero-order valence-corrected chi connectivity index (χ0v) is 24.4. The van der Waals surface area contributed by atoms with Gasteiger partial charge in [-0.3, -0.25) is 0 Å². The summed E-state index contributed by atoms with van der Waals surface area (Å²) in [5, 5.41) is 2.83. The number of ether oxygens (including phenoxy) is 1. The molecular weight excluding hydrogens is 545 g/mol. The van der Waals surface area contributed by atoms with Crippen LogP contribution in [0.25, 0.3) is 31.9 Å². The van der Waals surface area contributed by atoms with Gasteiger partial charge in [-0.05, 0) is 90.5 Å². The average molecular weight is 573 g/mol. The predicted molar refractivity (Wildman–Crippen MR) is 174 cm³/mol. The molecule has 41 heavy (non-hydrogen) atoms. The Morgan fingerprint density at radius 3 is 2.00 bits per heavy atom. The van der Waals surface area contributed by atoms with Gasteiger partial charge in [-0.25, -0.2) is 9.78 Å². The molecule has 0 aliphatic rings. The molecule has 4 aromatic rings. The molecule has 0 saturated carbocycles. The fourth-order valence-corrected chi connectivity index (χ4v) is 4.78. The Morgan fingerprint density at radius 1 is 0.902 bits per heavy atom. The Bertz CT molecular complexity index is 1750. The zero-order chi connectivity index (χ0) is 30.5. The number of anilines is 1. The van der Waals surface area contributed by atoms with E-state index in [-0.39, 0.29) is 0 Å². The third-order valence-electron chi connectivity index (χ3n) is 4.56. The summed E-state index contributed by atoms with van der Waals surface area (Å²) >= 11 is 2.92. The van der Waals surface area contributed by atoms with Crippen LogP contribution in [0, 0.1) is 0 Å². The van der Waals surface area contributed by atoms with E-state index in [4.69, 9.17) is 15.5 Å². The van der Waals surface area contributed by atoms with Crippen LogP contribution in [-0.2, 0) is 4.74 Å². The number of nitrogen functional groups attached to an aromatic ring is 1. The molecule has 0 unspecified atom stereocenters. The van der Waals surface area contributed by atoms with Gasteiger partial charge in [0.15, 0.2) is 0 Å². The molecule has 4 nitrogen and oxygen atoms in total. The number of nitrogens with two attached hydrogens (primary N) is 1. The lowest BCUT2D eigenvalue weighted by atomic mass is 10.0. The summed E-state index contributed by atoms with van der Waals surface area (Å²) in [6.07, 6.45) is 0. The third kappa shape index (κ3) is 10.3. The first-order chi connectivity index (χ1) is 20.0. The molecule has 6 heteroatoms. The molecule has 2 N–H and O–H groups in total. The maximum Gasteiger partial charge on any atom is 0.350 e. The number of hydrogen-bond acceptors (Lipinski definition) is 6. The van der Waals surface area contributed by atoms with Gasteiger partial charge in [0.2, 0.25) is 0 Å². The number of carbonyl (C=O) groups is 1. The van der Waals surface area contributed by atoms with E-state index in [0.29, 0.717) is 17.2 Å². The summed E-state index contributed by atoms with van der Waals surface area (Å²) in [7, 11) is 0. The molecule has 0 spiro atoms. The molecule has 0 amide bonds. The minimum absolute atomic E-state index is 0.311. The average Bonchev–Trinajstić information content (AvgIpc) is 3.66. The van der Waals surface area contributed by atoms with E-state index in [1.807, 2.05) is 53.9 Å². The van der Waals surface area contributed by atoms with E-state index in [2.05, 4.69) is 91.1 Å². The Hall–Kier alpha value is -5.46. The topological polar surface area (TPSA) is 65.2 Å². The SMILES string of the molecule is C=C.C=C=C=C=C.C=C=C=C=C=C=C=C.CCOC(=O)c1sc2nc(-c3cccs3)cc(-c3ccccc3)c2c1N. The molecule has 0 bridgehead atoms. The van der Waals surface area contributed by atoms with Crippen molar-refractivity contribution in [2.75, 3.05) is 12.3 Å². The number of aromatic nitrogens is 1. The fourth-order valence-electron chi connectivity index (χ4n) is 3.08. The second-order valence-corrected chi connectivity index (χ2v) is 8.92. The normalized spacial score (nSPS) is 8.12. The zero-order valence-electron chi connectivity index (χ0n) is 22.8. The molecule has 4 rings (SSSR count). The minimum atomic E-state index is -0.398. The van der Waals surface area contributed by atoms with Gasteiger partial charge < -0.3 is 10.5 Å². The number of benzene rings is 1. The summed E-state index contributed by atoms with van der Waals surface area (Å²) < 4.78 is 5.15. The largest absolute Gasteiger partial charge is 0.462 e. The van der Waals surface area contributed by atoms with E-state index in [1.165, 1.54) is 11.3 Å². The monoisotopic (exact) mass is 572 g/mol. The van der Waals surface area contributed by atoms with Crippen molar-refractivity contribution >= 4 is 44.5 Å². The van der Waals surface area contributed by atoms with Crippen LogP contribution in [0.3, 0.4) is 0 Å². The molecule has 0 radical (unpaired) electrons. The molecule has 202 valence electrons. The van der Waals surface area contributed by atoms with Gasteiger partial charge in [-0.1, -0.05) is 59.3 Å². The maximum atomic E-state index is 12.3. The predicted octanol–water partition coefficient (Wildman–Crippen LogP) is 9.25. The Morgan fingerprint density at radius 2 is 1.51 bits per heavy atom. The van der Waals surface area contributed by atoms with Gasteiger partial charge in [0, 0.05) is 5.39 Å². The highest BCUT2D eigenvalue weighted by atomic mass is 32.1. The van der Waals surface area contributed by atoms with Crippen LogP contribution in [0.2, 0.25) is 0 Å². The molecule has 0 fully saturated rings. The first-order valence-corrected chi connectivity index (χ1v) is 13.5. The van der Waals surface area contributed by atoms with Gasteiger partial charge in [0.1, 0.15) is 9.71 Å². The third-order valence-corrected chi connectivity index (χ3v) is 6.53. The highest BCUT2D eigenvalue weighted by molar-refractivity contribution is 7.21. The first kappa shape index (κ1) is 33.6. The molecule has 3 aromatic heterocycles. The van der Waals surface area contributed by atoms with E-state index >= 15 is 0 Å². The summed E-state index contributed by atoms with van der Waals surface area (Å²) in [6, 6.07) is 16.1. The van der Waals surface area contributed by atoms with Crippen molar-refractivity contribution < 1.29 is 9.53 Å². The van der Waals surface area contributed by atoms with Gasteiger partial charge in [-0.2, -0.15) is 0 Å². The van der Waals surface area contributed by atoms with Crippen LogP contribution < -0.4 is 5.73 Å². The maximum absolute atomic E-state index is 12.3. The van der Waals surface area contributed by atoms with Crippen molar-refractivity contribution in [3.8, 4) is 21.7 Å². The number of rotatable bonds is 4. The van der Waals surface area contributed by atoms with E-state index < -0.39 is 5.97 Å². The lowest BCUT2D eigenvalue weighted by Gasteiger charge is -2.07. The van der Waals surface area contributed by atoms with Crippen LogP contribution in [0.4, 0.5) is 5.69 Å². The summed E-state index contributed by atoms with van der Waals surface area (Å²) in [5.41, 5.74) is 31.2. The first-order valence-electron chi connectivity index (χ1n) is 11.8. The number of fused-ring (bicyclic) bond motifs is 1. The minimum Gasteiger partial charge on any atom is -0.462 e. The van der Waals surface area contributed by atoms with E-state index in [9.17, 15) is 4.79 Å². The Labute approximate surface area is 249 Å². The quantitative estimate of drug-likeness (QED) is 0.150. The van der Waals surface area contributed by atoms with Gasteiger partial charge in [-0.15, -0.1) is 35.8 Å². The van der Waals surface area contributed by atoms with Crippen molar-refractivity contribution in [1.82, 2.24) is 4.98 Å². The van der Waals surface area contributed by atoms with E-state index in [0.717, 1.165) is 31.9 Å². The Balaban J connectivity index is 0.000000468. The summed E-state index contributed by atoms with van der Waals surface area (Å²) in [5.74, 6) is -0.398. The van der Waals surface area contributed by atoms with Gasteiger partial charge in [0.05, 0.1) is 22.9 Å². The lowest BCUT2D eigenvalue weighted by Crippen LogP contribution is -2.04. The van der Waals surface area contributed by atoms with Crippen molar-refractivity contribution in [2.24, 2.45) is 0 Å². The highest BCUT2D eigenvalue weighted by Gasteiger charge is 2.22. The number of carbonyl (C=O) groups excluding carboxylic acids is 1. The highest BCUT2D eigenvalue weighted by Crippen LogP contribution is 2.42. The van der Waals surface area contributed by atoms with Crippen LogP contribution in [0.5, 0.6) is 0 Å². The molecule has 3 heterocycles. The molecule has 0 saturated heterocycles. The number of nitrogens with zero attached hydrogens (tertiary/aromatic N) is 1. The molecule has 0 aliphatic heterocycles. The molecule has 1 aromatic carbocycles. The smallest absolute Gasteiger partial charge is 0.350 e. The van der Waals surface area contributed by atoms with Crippen molar-refractivity contribution in [3.63, 3.8) is 0 Å². The van der Waals surface area contributed by atoms with E-state index in [1.54, 1.807) is 18.3 Å². The van der Waals surface area contributed by atoms with Crippen LogP contribution >= 0.6 is 22.7 Å². The standard InChI is InChI=1S/C20H16N2O2S2.C8H4.C5H4.C2H4/c1-2-24-20(23)18-17(21)16-13(12-7-4-3-5-8-12)11-14(22-19(16)26-18)15-9-6-10-25-15;1-3-5-7-8-6-4-2;1-3-5-4-2;1-2/h3-11H,2,21H2,1H3;1-2H2;1-2H2;1-2H2. The number of thiophene rings is 2. The second-order valence-electron chi connectivity index (χ2n) is 6.98. The summed E-state index contributed by atoms with van der Waals surface area (Å²) in [4.78, 5) is 19.3. The molecule has 0 aliphatic carbocycles. The lowest BCUT2D eigenvalue weighted by molar-refractivity contribution is 0.0533. The number of esters is 1. The van der Waals surface area contributed by atoms with Crippen LogP contribution in [0.15, 0.2) is 145 Å². The fraction of sp³-hybridized carbons (Fsp3) is 0.0571. The van der Waals surface area contributed by atoms with Crippen molar-refractivity contribution in [3.05, 3.63) is 150 Å². The van der Waals surface area contributed by atoms with Crippen molar-refractivity contribution in [1.29, 1.82) is 0 Å². The van der Waals surface area contributed by atoms with Crippen LogP contribution in [-0.4, -0.2) is 17.6 Å². The molecule has 0 atom stereocenters.